The molecule has 2 saturated heterocycles. The van der Waals surface area contributed by atoms with Crippen LogP contribution in [-0.4, -0.2) is 73.4 Å². The Morgan fingerprint density at radius 3 is 2.47 bits per heavy atom. The minimum atomic E-state index is -0.672. The number of carbonyl (C=O) groups is 3. The molecule has 0 aromatic rings. The van der Waals surface area contributed by atoms with Crippen molar-refractivity contribution in [2.75, 3.05) is 26.4 Å². The van der Waals surface area contributed by atoms with E-state index >= 15 is 0 Å². The fraction of sp³-hybridized carbons (Fsp3) is 0.593. The van der Waals surface area contributed by atoms with Gasteiger partial charge in [0.05, 0.1) is 37.4 Å². The maximum Gasteiger partial charge on any atom is 0.331 e. The van der Waals surface area contributed by atoms with Crippen LogP contribution in [0.1, 0.15) is 39.5 Å². The zero-order valence-corrected chi connectivity index (χ0v) is 20.6. The van der Waals surface area contributed by atoms with Crippen LogP contribution in [0.15, 0.2) is 47.6 Å². The third-order valence-corrected chi connectivity index (χ3v) is 8.72. The molecule has 3 aliphatic heterocycles. The van der Waals surface area contributed by atoms with E-state index in [1.165, 1.54) is 36.0 Å². The maximum absolute atomic E-state index is 12.8. The molecule has 5 aliphatic rings. The zero-order chi connectivity index (χ0) is 25.6. The van der Waals surface area contributed by atoms with Crippen LogP contribution in [0.25, 0.3) is 0 Å². The summed E-state index contributed by atoms with van der Waals surface area (Å²) in [6.07, 6.45) is 9.68. The lowest BCUT2D eigenvalue weighted by Crippen LogP contribution is -2.66. The molecule has 9 heteroatoms. The summed E-state index contributed by atoms with van der Waals surface area (Å²) in [7, 11) is 0. The van der Waals surface area contributed by atoms with Crippen molar-refractivity contribution in [3.05, 3.63) is 47.6 Å². The number of epoxide rings is 1. The third kappa shape index (κ3) is 3.93. The Hall–Kier alpha value is -2.75. The van der Waals surface area contributed by atoms with E-state index in [-0.39, 0.29) is 38.4 Å². The highest BCUT2D eigenvalue weighted by atomic mass is 16.6. The number of cyclic esters (lactones) is 2. The molecular formula is C27H32O9. The van der Waals surface area contributed by atoms with Gasteiger partial charge in [0, 0.05) is 36.5 Å². The van der Waals surface area contributed by atoms with Gasteiger partial charge in [-0.25, -0.2) is 14.4 Å². The Morgan fingerprint density at radius 2 is 1.75 bits per heavy atom. The van der Waals surface area contributed by atoms with Gasteiger partial charge in [-0.05, 0) is 25.3 Å². The summed E-state index contributed by atoms with van der Waals surface area (Å²) in [5, 5.41) is 9.68. The van der Waals surface area contributed by atoms with Gasteiger partial charge in [0.2, 0.25) is 0 Å². The number of allylic oxidation sites excluding steroid dienone is 3. The van der Waals surface area contributed by atoms with Crippen molar-refractivity contribution in [3.8, 4) is 0 Å². The molecule has 194 valence electrons. The van der Waals surface area contributed by atoms with E-state index in [1.807, 2.05) is 0 Å². The summed E-state index contributed by atoms with van der Waals surface area (Å²) in [6.45, 7) is 4.29. The second-order valence-corrected chi connectivity index (χ2v) is 10.5. The van der Waals surface area contributed by atoms with Gasteiger partial charge in [-0.2, -0.15) is 0 Å². The van der Waals surface area contributed by atoms with E-state index in [0.29, 0.717) is 25.0 Å². The number of esters is 3. The molecule has 1 saturated carbocycles. The predicted octanol–water partition coefficient (Wildman–Crippen LogP) is 2.09. The fourth-order valence-electron chi connectivity index (χ4n) is 6.52. The van der Waals surface area contributed by atoms with Crippen LogP contribution < -0.4 is 0 Å². The van der Waals surface area contributed by atoms with Crippen LogP contribution in [0.5, 0.6) is 0 Å². The van der Waals surface area contributed by atoms with E-state index in [9.17, 15) is 19.5 Å². The lowest BCUT2D eigenvalue weighted by atomic mass is 9.51. The summed E-state index contributed by atoms with van der Waals surface area (Å²) in [4.78, 5) is 37.5. The minimum Gasteiger partial charge on any atom is -0.462 e. The van der Waals surface area contributed by atoms with Gasteiger partial charge in [0.25, 0.3) is 0 Å². The molecule has 6 atom stereocenters. The van der Waals surface area contributed by atoms with E-state index in [4.69, 9.17) is 23.7 Å². The summed E-state index contributed by atoms with van der Waals surface area (Å²) in [6, 6.07) is 0. The van der Waals surface area contributed by atoms with Crippen molar-refractivity contribution in [1.29, 1.82) is 0 Å². The number of aliphatic hydroxyl groups excluding tert-OH is 1. The van der Waals surface area contributed by atoms with E-state index in [0.717, 1.165) is 6.42 Å². The molecule has 3 fully saturated rings. The number of ether oxygens (including phenoxy) is 5. The van der Waals surface area contributed by atoms with Crippen LogP contribution in [0, 0.1) is 10.8 Å². The second kappa shape index (κ2) is 9.28. The van der Waals surface area contributed by atoms with Gasteiger partial charge < -0.3 is 28.8 Å². The number of hydrogen-bond acceptors (Lipinski definition) is 9. The highest BCUT2D eigenvalue weighted by Crippen LogP contribution is 2.72. The molecule has 0 amide bonds. The van der Waals surface area contributed by atoms with Crippen molar-refractivity contribution in [1.82, 2.24) is 0 Å². The Morgan fingerprint density at radius 1 is 1.00 bits per heavy atom. The fourth-order valence-corrected chi connectivity index (χ4v) is 6.52. The molecule has 0 aromatic heterocycles. The van der Waals surface area contributed by atoms with Gasteiger partial charge in [-0.15, -0.1) is 0 Å². The molecule has 1 unspecified atom stereocenters. The Bertz CT molecular complexity index is 1070. The number of carbonyl (C=O) groups excluding carboxylic acids is 3. The number of rotatable bonds is 1. The first kappa shape index (κ1) is 24.9. The van der Waals surface area contributed by atoms with Crippen LogP contribution in [-0.2, 0) is 38.1 Å². The number of aliphatic hydroxyl groups is 1. The molecule has 2 bridgehead atoms. The first-order chi connectivity index (χ1) is 17.2. The van der Waals surface area contributed by atoms with Crippen molar-refractivity contribution in [3.63, 3.8) is 0 Å². The standard InChI is InChI=1S/C27H32O9/c1-17-7-9-26-15-33-24(31)12-18(14-28)8-10-32-22(29)5-3-4-6-23(30)36-19-13-21(35-20(26)11-17)27(16-34-27)25(19,26)2/h3-6,11-12,19-21,28H,7-10,13-16H2,1-2H3/b5-3+,6-4-,18-12-/t19?,20-,21-,25-,26-,27+/m1/s1. The topological polar surface area (TPSA) is 121 Å². The zero-order valence-electron chi connectivity index (χ0n) is 20.6. The molecule has 9 nitrogen and oxygen atoms in total. The van der Waals surface area contributed by atoms with Crippen LogP contribution in [0.4, 0.5) is 0 Å². The lowest BCUT2D eigenvalue weighted by Gasteiger charge is -2.58. The van der Waals surface area contributed by atoms with Crippen molar-refractivity contribution in [2.24, 2.45) is 10.8 Å². The molecule has 5 rings (SSSR count). The first-order valence-corrected chi connectivity index (χ1v) is 12.4. The van der Waals surface area contributed by atoms with Gasteiger partial charge in [-0.3, -0.25) is 0 Å². The Balaban J connectivity index is 1.53. The van der Waals surface area contributed by atoms with Gasteiger partial charge in [0.15, 0.2) is 0 Å². The first-order valence-electron chi connectivity index (χ1n) is 12.4. The Kier molecular flexibility index (Phi) is 6.43. The summed E-state index contributed by atoms with van der Waals surface area (Å²) in [5.74, 6) is -1.74. The molecule has 2 aliphatic carbocycles. The van der Waals surface area contributed by atoms with Crippen LogP contribution in [0.3, 0.4) is 0 Å². The molecular weight excluding hydrogens is 468 g/mol. The summed E-state index contributed by atoms with van der Waals surface area (Å²) >= 11 is 0. The average Bonchev–Trinajstić information content (AvgIpc) is 3.62. The van der Waals surface area contributed by atoms with E-state index < -0.39 is 40.4 Å². The molecule has 1 N–H and O–H groups in total. The molecule has 36 heavy (non-hydrogen) atoms. The lowest BCUT2D eigenvalue weighted by molar-refractivity contribution is -0.232. The average molecular weight is 501 g/mol. The monoisotopic (exact) mass is 500 g/mol. The largest absolute Gasteiger partial charge is 0.462 e. The quantitative estimate of drug-likeness (QED) is 0.250. The van der Waals surface area contributed by atoms with Crippen molar-refractivity contribution < 1.29 is 43.2 Å². The van der Waals surface area contributed by atoms with Crippen molar-refractivity contribution in [2.45, 2.75) is 63.4 Å². The number of hydrogen-bond donors (Lipinski definition) is 1. The molecule has 0 radical (unpaired) electrons. The predicted molar refractivity (Wildman–Crippen MR) is 125 cm³/mol. The second-order valence-electron chi connectivity index (χ2n) is 10.5. The summed E-state index contributed by atoms with van der Waals surface area (Å²) in [5.41, 5.74) is -0.350. The third-order valence-electron chi connectivity index (χ3n) is 8.72. The van der Waals surface area contributed by atoms with E-state index in [1.54, 1.807) is 0 Å². The van der Waals surface area contributed by atoms with Gasteiger partial charge >= 0.3 is 17.9 Å². The van der Waals surface area contributed by atoms with Crippen molar-refractivity contribution >= 4 is 17.9 Å². The SMILES string of the molecule is CC1=C[C@H]2O[C@@H]3CC4OC(=O)/C=C\C=C\C(=O)OCC/C(CO)=C/C(=O)OC[C@@]2(CC1)[C@]4(C)[C@]31CO1. The van der Waals surface area contributed by atoms with Crippen LogP contribution >= 0.6 is 0 Å². The normalized spacial score (nSPS) is 44.0. The highest BCUT2D eigenvalue weighted by Gasteiger charge is 2.83. The summed E-state index contributed by atoms with van der Waals surface area (Å²) < 4.78 is 29.6. The highest BCUT2D eigenvalue weighted by molar-refractivity contribution is 5.85. The molecule has 2 spiro atoms. The molecule has 0 aromatic carbocycles. The minimum absolute atomic E-state index is 0.0144. The van der Waals surface area contributed by atoms with Gasteiger partial charge in [-0.1, -0.05) is 30.7 Å². The van der Waals surface area contributed by atoms with E-state index in [2.05, 4.69) is 19.9 Å². The van der Waals surface area contributed by atoms with Crippen LogP contribution in [0.2, 0.25) is 0 Å². The maximum atomic E-state index is 12.8. The van der Waals surface area contributed by atoms with Gasteiger partial charge in [0.1, 0.15) is 18.3 Å². The smallest absolute Gasteiger partial charge is 0.331 e. The molecule has 3 heterocycles. The Labute approximate surface area is 209 Å².